The Morgan fingerprint density at radius 2 is 2.25 bits per heavy atom. The monoisotopic (exact) mass is 294 g/mol. The summed E-state index contributed by atoms with van der Waals surface area (Å²) in [4.78, 5) is 2.14. The molecule has 0 N–H and O–H groups in total. The number of ether oxygens (including phenoxy) is 1. The molecule has 0 spiro atoms. The van der Waals surface area contributed by atoms with E-state index in [1.54, 1.807) is 6.07 Å². The molecule has 1 aromatic rings. The summed E-state index contributed by atoms with van der Waals surface area (Å²) in [6, 6.07) is 7.55. The van der Waals surface area contributed by atoms with E-state index in [2.05, 4.69) is 11.0 Å². The van der Waals surface area contributed by atoms with Crippen LogP contribution in [0.3, 0.4) is 0 Å². The van der Waals surface area contributed by atoms with Gasteiger partial charge in [-0.15, -0.1) is 0 Å². The number of sulfone groups is 1. The zero-order chi connectivity index (χ0) is 14.8. The number of nitrogens with zero attached hydrogens (tertiary/aromatic N) is 2. The lowest BCUT2D eigenvalue weighted by molar-refractivity contribution is 0.218. The van der Waals surface area contributed by atoms with Gasteiger partial charge in [0.15, 0.2) is 9.84 Å². The fourth-order valence-electron chi connectivity index (χ4n) is 2.43. The Kier molecular flexibility index (Phi) is 4.31. The second-order valence-corrected chi connectivity index (χ2v) is 7.31. The Balaban J connectivity index is 2.13. The van der Waals surface area contributed by atoms with Gasteiger partial charge in [0, 0.05) is 19.1 Å². The summed E-state index contributed by atoms with van der Waals surface area (Å²) < 4.78 is 28.3. The molecule has 1 aliphatic rings. The predicted molar refractivity (Wildman–Crippen MR) is 76.2 cm³/mol. The molecule has 2 rings (SSSR count). The molecule has 20 heavy (non-hydrogen) atoms. The summed E-state index contributed by atoms with van der Waals surface area (Å²) in [5.41, 5.74) is 1.53. The van der Waals surface area contributed by atoms with Crippen molar-refractivity contribution in [2.75, 3.05) is 25.2 Å². The molecule has 1 heterocycles. The van der Waals surface area contributed by atoms with Gasteiger partial charge in [-0.05, 0) is 24.6 Å². The van der Waals surface area contributed by atoms with Crippen molar-refractivity contribution in [3.05, 3.63) is 29.3 Å². The summed E-state index contributed by atoms with van der Waals surface area (Å²) >= 11 is 0. The van der Waals surface area contributed by atoms with E-state index in [0.29, 0.717) is 24.4 Å². The summed E-state index contributed by atoms with van der Waals surface area (Å²) in [7, 11) is -1.35. The molecule has 1 aromatic carbocycles. The topological polar surface area (TPSA) is 70.4 Å². The second-order valence-electron chi connectivity index (χ2n) is 5.08. The van der Waals surface area contributed by atoms with Crippen molar-refractivity contribution in [2.24, 2.45) is 0 Å². The smallest absolute Gasteiger partial charge is 0.153 e. The van der Waals surface area contributed by atoms with Crippen molar-refractivity contribution in [2.45, 2.75) is 19.5 Å². The van der Waals surface area contributed by atoms with Crippen molar-refractivity contribution < 1.29 is 13.2 Å². The van der Waals surface area contributed by atoms with Crippen molar-refractivity contribution in [3.63, 3.8) is 0 Å². The largest absolute Gasteiger partial charge is 0.495 e. The standard InChI is InChI=1S/C14H18N2O3S/c1-11-10-20(17,18)6-5-16(11)9-12-3-4-13(8-15)14(7-12)19-2/h3-4,7,11H,5-6,9-10H2,1-2H3. The van der Waals surface area contributed by atoms with Gasteiger partial charge in [0.25, 0.3) is 0 Å². The van der Waals surface area contributed by atoms with Crippen LogP contribution in [0.5, 0.6) is 5.75 Å². The maximum absolute atomic E-state index is 11.6. The van der Waals surface area contributed by atoms with E-state index in [4.69, 9.17) is 10.00 Å². The molecule has 5 nitrogen and oxygen atoms in total. The van der Waals surface area contributed by atoms with Gasteiger partial charge in [-0.1, -0.05) is 6.07 Å². The first-order chi connectivity index (χ1) is 9.45. The Morgan fingerprint density at radius 3 is 2.85 bits per heavy atom. The fraction of sp³-hybridized carbons (Fsp3) is 0.500. The zero-order valence-electron chi connectivity index (χ0n) is 11.7. The van der Waals surface area contributed by atoms with Crippen molar-refractivity contribution >= 4 is 9.84 Å². The molecular formula is C14H18N2O3S. The number of nitriles is 1. The van der Waals surface area contributed by atoms with E-state index in [1.165, 1.54) is 7.11 Å². The van der Waals surface area contributed by atoms with E-state index < -0.39 is 9.84 Å². The molecule has 0 radical (unpaired) electrons. The van der Waals surface area contributed by atoms with Crippen LogP contribution in [0.1, 0.15) is 18.1 Å². The number of benzene rings is 1. The first kappa shape index (κ1) is 14.8. The minimum absolute atomic E-state index is 0.00962. The van der Waals surface area contributed by atoms with Crippen LogP contribution >= 0.6 is 0 Å². The Hall–Kier alpha value is -1.58. The van der Waals surface area contributed by atoms with Crippen LogP contribution in [0.4, 0.5) is 0 Å². The lowest BCUT2D eigenvalue weighted by atomic mass is 10.1. The second kappa shape index (κ2) is 5.81. The molecular weight excluding hydrogens is 276 g/mol. The lowest BCUT2D eigenvalue weighted by Gasteiger charge is -2.33. The molecule has 6 heteroatoms. The lowest BCUT2D eigenvalue weighted by Crippen LogP contribution is -2.46. The molecule has 1 fully saturated rings. The highest BCUT2D eigenvalue weighted by atomic mass is 32.2. The first-order valence-electron chi connectivity index (χ1n) is 6.46. The molecule has 1 saturated heterocycles. The SMILES string of the molecule is COc1cc(CN2CCS(=O)(=O)CC2C)ccc1C#N. The Bertz CT molecular complexity index is 634. The van der Waals surface area contributed by atoms with Crippen molar-refractivity contribution in [1.29, 1.82) is 5.26 Å². The molecule has 0 aliphatic carbocycles. The number of hydrogen-bond acceptors (Lipinski definition) is 5. The van der Waals surface area contributed by atoms with Crippen molar-refractivity contribution in [1.82, 2.24) is 4.90 Å². The number of methoxy groups -OCH3 is 1. The van der Waals surface area contributed by atoms with Gasteiger partial charge >= 0.3 is 0 Å². The van der Waals surface area contributed by atoms with E-state index >= 15 is 0 Å². The highest BCUT2D eigenvalue weighted by Gasteiger charge is 2.28. The minimum atomic E-state index is -2.89. The molecule has 1 unspecified atom stereocenters. The third-order valence-electron chi connectivity index (χ3n) is 3.58. The number of hydrogen-bond donors (Lipinski definition) is 0. The van der Waals surface area contributed by atoms with Crippen molar-refractivity contribution in [3.8, 4) is 11.8 Å². The van der Waals surface area contributed by atoms with E-state index in [-0.39, 0.29) is 17.5 Å². The molecule has 0 amide bonds. The molecule has 1 aliphatic heterocycles. The van der Waals surface area contributed by atoms with Crippen LogP contribution in [0.2, 0.25) is 0 Å². The van der Waals surface area contributed by atoms with Gasteiger partial charge in [-0.3, -0.25) is 4.90 Å². The Labute approximate surface area is 119 Å². The normalized spacial score (nSPS) is 22.1. The fourth-order valence-corrected chi connectivity index (χ4v) is 4.05. The van der Waals surface area contributed by atoms with Gasteiger partial charge in [0.05, 0.1) is 24.2 Å². The van der Waals surface area contributed by atoms with Gasteiger partial charge in [0.1, 0.15) is 11.8 Å². The summed E-state index contributed by atoms with van der Waals surface area (Å²) in [6.45, 7) is 3.14. The maximum Gasteiger partial charge on any atom is 0.153 e. The average molecular weight is 294 g/mol. The van der Waals surface area contributed by atoms with Crippen LogP contribution in [-0.4, -0.2) is 44.5 Å². The Morgan fingerprint density at radius 1 is 1.50 bits per heavy atom. The van der Waals surface area contributed by atoms with E-state index in [1.807, 2.05) is 19.1 Å². The maximum atomic E-state index is 11.6. The minimum Gasteiger partial charge on any atom is -0.495 e. The van der Waals surface area contributed by atoms with Crippen LogP contribution in [-0.2, 0) is 16.4 Å². The molecule has 108 valence electrons. The van der Waals surface area contributed by atoms with Gasteiger partial charge in [-0.2, -0.15) is 5.26 Å². The summed E-state index contributed by atoms with van der Waals surface area (Å²) in [5.74, 6) is 0.979. The van der Waals surface area contributed by atoms with E-state index in [0.717, 1.165) is 5.56 Å². The van der Waals surface area contributed by atoms with Gasteiger partial charge in [-0.25, -0.2) is 8.42 Å². The highest BCUT2D eigenvalue weighted by Crippen LogP contribution is 2.22. The summed E-state index contributed by atoms with van der Waals surface area (Å²) in [6.07, 6.45) is 0. The van der Waals surface area contributed by atoms with Gasteiger partial charge in [0.2, 0.25) is 0 Å². The third-order valence-corrected chi connectivity index (χ3v) is 5.37. The molecule has 1 atom stereocenters. The quantitative estimate of drug-likeness (QED) is 0.837. The van der Waals surface area contributed by atoms with Crippen LogP contribution in [0, 0.1) is 11.3 Å². The third kappa shape index (κ3) is 3.30. The highest BCUT2D eigenvalue weighted by molar-refractivity contribution is 7.91. The summed E-state index contributed by atoms with van der Waals surface area (Å²) in [5, 5.41) is 8.95. The molecule has 0 bridgehead atoms. The van der Waals surface area contributed by atoms with E-state index in [9.17, 15) is 8.42 Å². The molecule has 0 aromatic heterocycles. The molecule has 0 saturated carbocycles. The average Bonchev–Trinajstić information content (AvgIpc) is 2.41. The predicted octanol–water partition coefficient (Wildman–Crippen LogP) is 1.19. The van der Waals surface area contributed by atoms with Crippen LogP contribution in [0.15, 0.2) is 18.2 Å². The van der Waals surface area contributed by atoms with Crippen LogP contribution < -0.4 is 4.74 Å². The zero-order valence-corrected chi connectivity index (χ0v) is 12.5. The number of rotatable bonds is 3. The first-order valence-corrected chi connectivity index (χ1v) is 8.29. The van der Waals surface area contributed by atoms with Gasteiger partial charge < -0.3 is 4.74 Å². The van der Waals surface area contributed by atoms with Crippen LogP contribution in [0.25, 0.3) is 0 Å².